The quantitative estimate of drug-likeness (QED) is 0.514. The van der Waals surface area contributed by atoms with Gasteiger partial charge in [-0.2, -0.15) is 0 Å². The van der Waals surface area contributed by atoms with Crippen LogP contribution in [0, 0.1) is 0 Å². The van der Waals surface area contributed by atoms with Crippen molar-refractivity contribution in [3.63, 3.8) is 0 Å². The van der Waals surface area contributed by atoms with Crippen LogP contribution in [-0.4, -0.2) is 50.2 Å². The minimum atomic E-state index is -0.397. The monoisotopic (exact) mass is 301 g/mol. The highest BCUT2D eigenvalue weighted by molar-refractivity contribution is 4.81. The molecule has 0 bridgehead atoms. The molecule has 0 aliphatic heterocycles. The SMILES string of the molecule is CCCCCCCCOCC(O)CNC1CCC(OC)C1. The van der Waals surface area contributed by atoms with Gasteiger partial charge in [0.25, 0.3) is 0 Å². The van der Waals surface area contributed by atoms with Crippen LogP contribution in [0.15, 0.2) is 0 Å². The Labute approximate surface area is 130 Å². The summed E-state index contributed by atoms with van der Waals surface area (Å²) in [5.41, 5.74) is 0. The Morgan fingerprint density at radius 3 is 2.62 bits per heavy atom. The molecule has 3 atom stereocenters. The minimum Gasteiger partial charge on any atom is -0.389 e. The van der Waals surface area contributed by atoms with E-state index in [-0.39, 0.29) is 0 Å². The van der Waals surface area contributed by atoms with E-state index >= 15 is 0 Å². The number of rotatable bonds is 13. The van der Waals surface area contributed by atoms with Gasteiger partial charge < -0.3 is 19.9 Å². The van der Waals surface area contributed by atoms with Gasteiger partial charge in [0.15, 0.2) is 0 Å². The summed E-state index contributed by atoms with van der Waals surface area (Å²) < 4.78 is 10.9. The van der Waals surface area contributed by atoms with Crippen molar-refractivity contribution in [2.45, 2.75) is 83.0 Å². The number of nitrogens with one attached hydrogen (secondary N) is 1. The number of unbranched alkanes of at least 4 members (excludes halogenated alkanes) is 5. The molecule has 4 nitrogen and oxygen atoms in total. The molecule has 0 heterocycles. The molecule has 3 unspecified atom stereocenters. The smallest absolute Gasteiger partial charge is 0.0897 e. The number of aliphatic hydroxyl groups is 1. The molecule has 0 aromatic rings. The summed E-state index contributed by atoms with van der Waals surface area (Å²) >= 11 is 0. The van der Waals surface area contributed by atoms with Crippen molar-refractivity contribution in [2.75, 3.05) is 26.9 Å². The second kappa shape index (κ2) is 12.4. The molecule has 2 N–H and O–H groups in total. The highest BCUT2D eigenvalue weighted by Gasteiger charge is 2.24. The van der Waals surface area contributed by atoms with Crippen LogP contribution < -0.4 is 5.32 Å². The molecular weight excluding hydrogens is 266 g/mol. The van der Waals surface area contributed by atoms with Gasteiger partial charge in [-0.15, -0.1) is 0 Å². The number of methoxy groups -OCH3 is 1. The van der Waals surface area contributed by atoms with Gasteiger partial charge in [0.05, 0.1) is 18.8 Å². The maximum atomic E-state index is 9.89. The van der Waals surface area contributed by atoms with E-state index < -0.39 is 6.10 Å². The fourth-order valence-corrected chi connectivity index (χ4v) is 2.91. The van der Waals surface area contributed by atoms with E-state index in [1.807, 2.05) is 0 Å². The lowest BCUT2D eigenvalue weighted by molar-refractivity contribution is 0.0337. The van der Waals surface area contributed by atoms with Crippen molar-refractivity contribution < 1.29 is 14.6 Å². The predicted molar refractivity (Wildman–Crippen MR) is 86.6 cm³/mol. The fourth-order valence-electron chi connectivity index (χ4n) is 2.91. The second-order valence-corrected chi connectivity index (χ2v) is 6.27. The van der Waals surface area contributed by atoms with Gasteiger partial charge in [0.1, 0.15) is 0 Å². The van der Waals surface area contributed by atoms with E-state index in [1.165, 1.54) is 32.1 Å². The molecule has 126 valence electrons. The van der Waals surface area contributed by atoms with Crippen molar-refractivity contribution in [1.82, 2.24) is 5.32 Å². The standard InChI is InChI=1S/C17H35NO3/c1-3-4-5-6-7-8-11-21-14-16(19)13-18-15-9-10-17(12-15)20-2/h15-19H,3-14H2,1-2H3. The summed E-state index contributed by atoms with van der Waals surface area (Å²) in [4.78, 5) is 0. The van der Waals surface area contributed by atoms with Crippen molar-refractivity contribution in [1.29, 1.82) is 0 Å². The predicted octanol–water partition coefficient (Wildman–Crippen LogP) is 2.88. The molecule has 0 radical (unpaired) electrons. The Morgan fingerprint density at radius 1 is 1.14 bits per heavy atom. The maximum Gasteiger partial charge on any atom is 0.0897 e. The fraction of sp³-hybridized carbons (Fsp3) is 1.00. The van der Waals surface area contributed by atoms with Crippen LogP contribution >= 0.6 is 0 Å². The molecule has 0 aromatic carbocycles. The average Bonchev–Trinajstić information content (AvgIpc) is 2.96. The van der Waals surface area contributed by atoms with E-state index in [0.29, 0.717) is 25.3 Å². The molecule has 1 fully saturated rings. The van der Waals surface area contributed by atoms with Gasteiger partial charge >= 0.3 is 0 Å². The lowest BCUT2D eigenvalue weighted by Gasteiger charge is -2.16. The van der Waals surface area contributed by atoms with E-state index in [9.17, 15) is 5.11 Å². The van der Waals surface area contributed by atoms with Crippen LogP contribution in [0.5, 0.6) is 0 Å². The Morgan fingerprint density at radius 2 is 1.90 bits per heavy atom. The molecule has 0 spiro atoms. The number of aliphatic hydroxyl groups excluding tert-OH is 1. The van der Waals surface area contributed by atoms with E-state index in [4.69, 9.17) is 9.47 Å². The molecule has 1 aliphatic carbocycles. The van der Waals surface area contributed by atoms with E-state index in [2.05, 4.69) is 12.2 Å². The lowest BCUT2D eigenvalue weighted by Crippen LogP contribution is -2.36. The van der Waals surface area contributed by atoms with Gasteiger partial charge in [0.2, 0.25) is 0 Å². The highest BCUT2D eigenvalue weighted by atomic mass is 16.5. The third kappa shape index (κ3) is 9.46. The Balaban J connectivity index is 1.86. The minimum absolute atomic E-state index is 0.392. The van der Waals surface area contributed by atoms with Crippen LogP contribution in [0.25, 0.3) is 0 Å². The van der Waals surface area contributed by atoms with Gasteiger partial charge in [-0.05, 0) is 25.7 Å². The summed E-state index contributed by atoms with van der Waals surface area (Å²) in [5, 5.41) is 13.3. The van der Waals surface area contributed by atoms with Crippen LogP contribution in [0.2, 0.25) is 0 Å². The molecule has 0 saturated heterocycles. The summed E-state index contributed by atoms with van der Waals surface area (Å²) in [7, 11) is 1.78. The zero-order valence-corrected chi connectivity index (χ0v) is 14.0. The largest absolute Gasteiger partial charge is 0.389 e. The molecule has 0 amide bonds. The maximum absolute atomic E-state index is 9.89. The first-order valence-corrected chi connectivity index (χ1v) is 8.78. The number of hydrogen-bond donors (Lipinski definition) is 2. The average molecular weight is 301 g/mol. The van der Waals surface area contributed by atoms with Gasteiger partial charge in [-0.3, -0.25) is 0 Å². The van der Waals surface area contributed by atoms with Crippen molar-refractivity contribution >= 4 is 0 Å². The lowest BCUT2D eigenvalue weighted by atomic mass is 10.1. The van der Waals surface area contributed by atoms with Crippen molar-refractivity contribution in [3.8, 4) is 0 Å². The number of hydrogen-bond acceptors (Lipinski definition) is 4. The first-order chi connectivity index (χ1) is 10.3. The van der Waals surface area contributed by atoms with Crippen LogP contribution in [-0.2, 0) is 9.47 Å². The third-order valence-corrected chi connectivity index (χ3v) is 4.31. The zero-order chi connectivity index (χ0) is 15.3. The molecule has 1 saturated carbocycles. The molecular formula is C17H35NO3. The number of ether oxygens (including phenoxy) is 2. The Hall–Kier alpha value is -0.160. The van der Waals surface area contributed by atoms with Crippen molar-refractivity contribution in [3.05, 3.63) is 0 Å². The molecule has 1 rings (SSSR count). The summed E-state index contributed by atoms with van der Waals surface area (Å²) in [6.07, 6.45) is 11.0. The van der Waals surface area contributed by atoms with Crippen LogP contribution in [0.3, 0.4) is 0 Å². The first kappa shape index (κ1) is 18.9. The Bertz CT molecular complexity index is 238. The summed E-state index contributed by atoms with van der Waals surface area (Å²) in [6.45, 7) is 4.08. The molecule has 21 heavy (non-hydrogen) atoms. The Kier molecular flexibility index (Phi) is 11.1. The molecule has 4 heteroatoms. The topological polar surface area (TPSA) is 50.7 Å². The van der Waals surface area contributed by atoms with Crippen LogP contribution in [0.4, 0.5) is 0 Å². The summed E-state index contributed by atoms with van der Waals surface area (Å²) in [6, 6.07) is 0.489. The molecule has 1 aliphatic rings. The summed E-state index contributed by atoms with van der Waals surface area (Å²) in [5.74, 6) is 0. The van der Waals surface area contributed by atoms with Gasteiger partial charge in [-0.1, -0.05) is 39.0 Å². The first-order valence-electron chi connectivity index (χ1n) is 8.78. The van der Waals surface area contributed by atoms with E-state index in [0.717, 1.165) is 32.3 Å². The highest BCUT2D eigenvalue weighted by Crippen LogP contribution is 2.21. The van der Waals surface area contributed by atoms with Crippen LogP contribution in [0.1, 0.15) is 64.7 Å². The third-order valence-electron chi connectivity index (χ3n) is 4.31. The van der Waals surface area contributed by atoms with E-state index in [1.54, 1.807) is 7.11 Å². The zero-order valence-electron chi connectivity index (χ0n) is 14.0. The van der Waals surface area contributed by atoms with Crippen molar-refractivity contribution in [2.24, 2.45) is 0 Å². The van der Waals surface area contributed by atoms with Gasteiger partial charge in [-0.25, -0.2) is 0 Å². The molecule has 0 aromatic heterocycles. The van der Waals surface area contributed by atoms with Gasteiger partial charge in [0, 0.05) is 26.3 Å². The normalized spacial score (nSPS) is 23.6. The second-order valence-electron chi connectivity index (χ2n) is 6.27.